The summed E-state index contributed by atoms with van der Waals surface area (Å²) in [5, 5.41) is 0. The maximum Gasteiger partial charge on any atom is 0.533 e. The molecule has 1 aromatic carbocycles. The second-order valence-corrected chi connectivity index (χ2v) is 3.70. The topological polar surface area (TPSA) is 76.0 Å². The first-order valence-electron chi connectivity index (χ1n) is 3.90. The number of hydrogen-bond acceptors (Lipinski definition) is 3. The molecule has 5 nitrogen and oxygen atoms in total. The lowest BCUT2D eigenvalue weighted by Crippen LogP contribution is -1.82. The van der Waals surface area contributed by atoms with Gasteiger partial charge in [-0.2, -0.15) is 0 Å². The quantitative estimate of drug-likeness (QED) is 0.585. The standard InChI is InChI=1S/C9H9O5P/c1-13-9-4-2-8(3-5-9)6-7-14-15(10,11)12/h2-5H,1H3,(H2,10,11,12). The molecule has 0 bridgehead atoms. The zero-order chi connectivity index (χ0) is 11.3. The van der Waals surface area contributed by atoms with Gasteiger partial charge < -0.3 is 9.26 Å². The number of hydrogen-bond donors (Lipinski definition) is 2. The van der Waals surface area contributed by atoms with E-state index in [2.05, 4.69) is 10.4 Å². The zero-order valence-electron chi connectivity index (χ0n) is 7.88. The van der Waals surface area contributed by atoms with Crippen molar-refractivity contribution in [3.63, 3.8) is 0 Å². The fraction of sp³-hybridized carbons (Fsp3) is 0.111. The van der Waals surface area contributed by atoms with Gasteiger partial charge in [-0.25, -0.2) is 4.57 Å². The summed E-state index contributed by atoms with van der Waals surface area (Å²) in [5.74, 6) is 3.11. The molecule has 0 atom stereocenters. The normalized spacial score (nSPS) is 10.1. The van der Waals surface area contributed by atoms with E-state index < -0.39 is 7.82 Å². The Bertz CT molecular complexity index is 422. The highest BCUT2D eigenvalue weighted by atomic mass is 31.2. The lowest BCUT2D eigenvalue weighted by atomic mass is 10.2. The summed E-state index contributed by atoms with van der Waals surface area (Å²) in [5.41, 5.74) is 0.573. The second kappa shape index (κ2) is 4.85. The monoisotopic (exact) mass is 228 g/mol. The summed E-state index contributed by atoms with van der Waals surface area (Å²) >= 11 is 0. The number of rotatable bonds is 2. The summed E-state index contributed by atoms with van der Waals surface area (Å²) in [6.07, 6.45) is 1.93. The largest absolute Gasteiger partial charge is 0.533 e. The molecular formula is C9H9O5P. The van der Waals surface area contributed by atoms with Gasteiger partial charge in [-0.1, -0.05) is 0 Å². The lowest BCUT2D eigenvalue weighted by molar-refractivity contribution is 0.269. The highest BCUT2D eigenvalue weighted by Crippen LogP contribution is 2.34. The fourth-order valence-corrected chi connectivity index (χ4v) is 0.980. The van der Waals surface area contributed by atoms with Crippen LogP contribution in [0.5, 0.6) is 5.75 Å². The average molecular weight is 228 g/mol. The van der Waals surface area contributed by atoms with Crippen LogP contribution in [0.15, 0.2) is 24.3 Å². The Hall–Kier alpha value is -1.47. The molecule has 0 aliphatic carbocycles. The molecule has 0 spiro atoms. The number of phosphoric ester groups is 1. The summed E-state index contributed by atoms with van der Waals surface area (Å²) in [4.78, 5) is 16.7. The summed E-state index contributed by atoms with van der Waals surface area (Å²) in [6, 6.07) is 6.66. The van der Waals surface area contributed by atoms with Crippen molar-refractivity contribution < 1.29 is 23.6 Å². The molecule has 80 valence electrons. The summed E-state index contributed by atoms with van der Waals surface area (Å²) in [6.45, 7) is 0. The first kappa shape index (κ1) is 11.6. The van der Waals surface area contributed by atoms with Crippen LogP contribution in [0.4, 0.5) is 0 Å². The molecule has 0 amide bonds. The van der Waals surface area contributed by atoms with E-state index in [1.165, 1.54) is 7.11 Å². The molecule has 2 N–H and O–H groups in total. The number of phosphoric acid groups is 1. The van der Waals surface area contributed by atoms with Gasteiger partial charge in [0.25, 0.3) is 0 Å². The third kappa shape index (κ3) is 4.52. The van der Waals surface area contributed by atoms with Gasteiger partial charge in [-0.15, -0.1) is 0 Å². The highest BCUT2D eigenvalue weighted by Gasteiger charge is 2.11. The third-order valence-electron chi connectivity index (χ3n) is 1.45. The van der Waals surface area contributed by atoms with E-state index in [4.69, 9.17) is 14.5 Å². The first-order valence-corrected chi connectivity index (χ1v) is 5.43. The van der Waals surface area contributed by atoms with Gasteiger partial charge in [0.05, 0.1) is 7.11 Å². The molecule has 0 saturated carbocycles. The molecule has 0 heterocycles. The molecule has 6 heteroatoms. The molecule has 0 aromatic heterocycles. The van der Waals surface area contributed by atoms with Crippen LogP contribution in [0.2, 0.25) is 0 Å². The molecule has 1 aromatic rings. The minimum atomic E-state index is -4.52. The van der Waals surface area contributed by atoms with Gasteiger partial charge in [0.2, 0.25) is 0 Å². The Kier molecular flexibility index (Phi) is 3.75. The van der Waals surface area contributed by atoms with Crippen LogP contribution >= 0.6 is 7.82 Å². The summed E-state index contributed by atoms with van der Waals surface area (Å²) in [7, 11) is -2.98. The Morgan fingerprint density at radius 3 is 2.33 bits per heavy atom. The van der Waals surface area contributed by atoms with Crippen molar-refractivity contribution >= 4 is 7.82 Å². The minimum absolute atomic E-state index is 0.573. The Balaban J connectivity index is 2.69. The molecule has 1 rings (SSSR count). The average Bonchev–Trinajstić information content (AvgIpc) is 2.17. The van der Waals surface area contributed by atoms with E-state index in [-0.39, 0.29) is 0 Å². The van der Waals surface area contributed by atoms with Crippen molar-refractivity contribution in [1.82, 2.24) is 0 Å². The minimum Gasteiger partial charge on any atom is -0.497 e. The molecule has 0 radical (unpaired) electrons. The van der Waals surface area contributed by atoms with Crippen LogP contribution in [0.1, 0.15) is 5.56 Å². The van der Waals surface area contributed by atoms with Gasteiger partial charge >= 0.3 is 7.82 Å². The van der Waals surface area contributed by atoms with Crippen molar-refractivity contribution in [3.8, 4) is 17.8 Å². The van der Waals surface area contributed by atoms with Crippen LogP contribution in [0.3, 0.4) is 0 Å². The molecule has 0 aliphatic heterocycles. The zero-order valence-corrected chi connectivity index (χ0v) is 8.77. The van der Waals surface area contributed by atoms with E-state index in [1.54, 1.807) is 24.3 Å². The van der Waals surface area contributed by atoms with Gasteiger partial charge in [-0.05, 0) is 30.2 Å². The Morgan fingerprint density at radius 1 is 1.27 bits per heavy atom. The Morgan fingerprint density at radius 2 is 1.87 bits per heavy atom. The second-order valence-electron chi connectivity index (χ2n) is 2.54. The van der Waals surface area contributed by atoms with Gasteiger partial charge in [0, 0.05) is 5.56 Å². The van der Waals surface area contributed by atoms with Crippen LogP contribution in [0, 0.1) is 12.0 Å². The van der Waals surface area contributed by atoms with Crippen molar-refractivity contribution in [2.45, 2.75) is 0 Å². The summed E-state index contributed by atoms with van der Waals surface area (Å²) < 4.78 is 19.2. The smallest absolute Gasteiger partial charge is 0.497 e. The first-order chi connectivity index (χ1) is 7.01. The van der Waals surface area contributed by atoms with Crippen molar-refractivity contribution in [2.75, 3.05) is 7.11 Å². The van der Waals surface area contributed by atoms with Crippen molar-refractivity contribution in [2.24, 2.45) is 0 Å². The number of methoxy groups -OCH3 is 1. The molecule has 0 fully saturated rings. The van der Waals surface area contributed by atoms with E-state index in [1.807, 2.05) is 6.11 Å². The van der Waals surface area contributed by atoms with E-state index in [0.29, 0.717) is 11.3 Å². The van der Waals surface area contributed by atoms with Crippen LogP contribution in [-0.4, -0.2) is 16.9 Å². The predicted octanol–water partition coefficient (Wildman–Crippen LogP) is 1.11. The van der Waals surface area contributed by atoms with Crippen molar-refractivity contribution in [1.29, 1.82) is 0 Å². The predicted molar refractivity (Wildman–Crippen MR) is 53.0 cm³/mol. The molecule has 0 unspecified atom stereocenters. The van der Waals surface area contributed by atoms with Crippen LogP contribution in [-0.2, 0) is 9.09 Å². The van der Waals surface area contributed by atoms with Crippen LogP contribution < -0.4 is 4.74 Å². The number of benzene rings is 1. The highest BCUT2D eigenvalue weighted by molar-refractivity contribution is 7.46. The maximum absolute atomic E-state index is 10.3. The van der Waals surface area contributed by atoms with E-state index in [9.17, 15) is 4.57 Å². The van der Waals surface area contributed by atoms with Gasteiger partial charge in [-0.3, -0.25) is 9.79 Å². The molecular weight excluding hydrogens is 219 g/mol. The van der Waals surface area contributed by atoms with Crippen molar-refractivity contribution in [3.05, 3.63) is 29.8 Å². The third-order valence-corrected chi connectivity index (χ3v) is 1.78. The Labute approximate surface area is 86.9 Å². The molecule has 0 saturated heterocycles. The fourth-order valence-electron chi connectivity index (χ4n) is 0.816. The lowest BCUT2D eigenvalue weighted by Gasteiger charge is -1.98. The van der Waals surface area contributed by atoms with Crippen LogP contribution in [0.25, 0.3) is 0 Å². The van der Waals surface area contributed by atoms with E-state index in [0.717, 1.165) is 0 Å². The number of ether oxygens (including phenoxy) is 1. The van der Waals surface area contributed by atoms with Gasteiger partial charge in [0.15, 0.2) is 0 Å². The SMILES string of the molecule is COc1ccc(C#COP(=O)(O)O)cc1. The van der Waals surface area contributed by atoms with E-state index >= 15 is 0 Å². The molecule has 0 aliphatic rings. The van der Waals surface area contributed by atoms with Gasteiger partial charge in [0.1, 0.15) is 11.9 Å². The maximum atomic E-state index is 10.3. The molecule has 15 heavy (non-hydrogen) atoms.